The molecule has 5 rings (SSSR count). The number of aromatic amines is 1. The first-order valence-electron chi connectivity index (χ1n) is 8.44. The molecule has 3 aromatic carbocycles. The average Bonchev–Trinajstić information content (AvgIpc) is 3.25. The fourth-order valence-corrected chi connectivity index (χ4v) is 3.31. The van der Waals surface area contributed by atoms with E-state index in [0.29, 0.717) is 0 Å². The Morgan fingerprint density at radius 3 is 2.38 bits per heavy atom. The summed E-state index contributed by atoms with van der Waals surface area (Å²) in [6.45, 7) is 0. The Kier molecular flexibility index (Phi) is 3.05. The van der Waals surface area contributed by atoms with Crippen molar-refractivity contribution in [1.29, 1.82) is 0 Å². The van der Waals surface area contributed by atoms with Crippen LogP contribution in [0.3, 0.4) is 0 Å². The molecule has 1 aliphatic heterocycles. The topological polar surface area (TPSA) is 105 Å². The van der Waals surface area contributed by atoms with E-state index >= 15 is 0 Å². The number of aromatic nitrogens is 2. The highest BCUT2D eigenvalue weighted by molar-refractivity contribution is 5.82. The predicted octanol–water partition coefficient (Wildman–Crippen LogP) is 3.93. The SMILES string of the molecule is Nc1ccc(-c2nc3ccc(C4Nc5ccc(N)cc5N4)cc3[nH]2)cc1. The zero-order chi connectivity index (χ0) is 17.7. The summed E-state index contributed by atoms with van der Waals surface area (Å²) < 4.78 is 0. The molecule has 1 aliphatic rings. The molecule has 0 bridgehead atoms. The van der Waals surface area contributed by atoms with Crippen LogP contribution >= 0.6 is 0 Å². The molecule has 26 heavy (non-hydrogen) atoms. The summed E-state index contributed by atoms with van der Waals surface area (Å²) in [7, 11) is 0. The average molecular weight is 342 g/mol. The fourth-order valence-electron chi connectivity index (χ4n) is 3.31. The van der Waals surface area contributed by atoms with Crippen LogP contribution in [0.2, 0.25) is 0 Å². The quantitative estimate of drug-likeness (QED) is 0.355. The van der Waals surface area contributed by atoms with Gasteiger partial charge in [0.1, 0.15) is 12.0 Å². The number of H-pyrrole nitrogens is 1. The molecule has 0 fully saturated rings. The van der Waals surface area contributed by atoms with Crippen LogP contribution in [0, 0.1) is 0 Å². The molecule has 7 N–H and O–H groups in total. The van der Waals surface area contributed by atoms with Crippen LogP contribution in [-0.2, 0) is 0 Å². The van der Waals surface area contributed by atoms with Gasteiger partial charge in [-0.2, -0.15) is 0 Å². The highest BCUT2D eigenvalue weighted by Gasteiger charge is 2.21. The van der Waals surface area contributed by atoms with Crippen molar-refractivity contribution in [3.63, 3.8) is 0 Å². The maximum Gasteiger partial charge on any atom is 0.138 e. The van der Waals surface area contributed by atoms with Gasteiger partial charge in [-0.3, -0.25) is 0 Å². The monoisotopic (exact) mass is 342 g/mol. The Hall–Kier alpha value is -3.67. The van der Waals surface area contributed by atoms with E-state index in [1.807, 2.05) is 48.5 Å². The molecule has 0 spiro atoms. The number of anilines is 4. The van der Waals surface area contributed by atoms with Gasteiger partial charge in [-0.05, 0) is 60.2 Å². The number of nitrogens with two attached hydrogens (primary N) is 2. The van der Waals surface area contributed by atoms with Crippen molar-refractivity contribution in [2.24, 2.45) is 0 Å². The second-order valence-electron chi connectivity index (χ2n) is 6.51. The van der Waals surface area contributed by atoms with E-state index in [4.69, 9.17) is 11.5 Å². The molecule has 6 heteroatoms. The van der Waals surface area contributed by atoms with E-state index in [1.165, 1.54) is 0 Å². The maximum absolute atomic E-state index is 5.87. The molecular formula is C20H18N6. The van der Waals surface area contributed by atoms with Gasteiger partial charge < -0.3 is 27.1 Å². The first-order valence-corrected chi connectivity index (χ1v) is 8.44. The van der Waals surface area contributed by atoms with Gasteiger partial charge in [0.05, 0.1) is 22.4 Å². The highest BCUT2D eigenvalue weighted by Crippen LogP contribution is 2.37. The van der Waals surface area contributed by atoms with Crippen LogP contribution in [-0.4, -0.2) is 9.97 Å². The van der Waals surface area contributed by atoms with Crippen LogP contribution in [0.1, 0.15) is 11.7 Å². The molecule has 0 amide bonds. The van der Waals surface area contributed by atoms with Crippen LogP contribution in [0.5, 0.6) is 0 Å². The van der Waals surface area contributed by atoms with Crippen molar-refractivity contribution in [2.45, 2.75) is 6.17 Å². The van der Waals surface area contributed by atoms with E-state index in [9.17, 15) is 0 Å². The third kappa shape index (κ3) is 2.39. The number of hydrogen-bond donors (Lipinski definition) is 5. The molecule has 1 aromatic heterocycles. The van der Waals surface area contributed by atoms with Gasteiger partial charge in [0.15, 0.2) is 0 Å². The summed E-state index contributed by atoms with van der Waals surface area (Å²) >= 11 is 0. The summed E-state index contributed by atoms with van der Waals surface area (Å²) in [6.07, 6.45) is -0.000487. The minimum atomic E-state index is -0.000487. The highest BCUT2D eigenvalue weighted by atomic mass is 15.2. The molecule has 4 aromatic rings. The first-order chi connectivity index (χ1) is 12.7. The van der Waals surface area contributed by atoms with Gasteiger partial charge in [-0.15, -0.1) is 0 Å². The van der Waals surface area contributed by atoms with Crippen LogP contribution in [0.4, 0.5) is 22.7 Å². The molecule has 1 unspecified atom stereocenters. The van der Waals surface area contributed by atoms with Crippen molar-refractivity contribution in [3.05, 3.63) is 66.2 Å². The van der Waals surface area contributed by atoms with E-state index < -0.39 is 0 Å². The van der Waals surface area contributed by atoms with Gasteiger partial charge >= 0.3 is 0 Å². The Morgan fingerprint density at radius 2 is 1.54 bits per heavy atom. The van der Waals surface area contributed by atoms with Crippen molar-refractivity contribution < 1.29 is 0 Å². The van der Waals surface area contributed by atoms with Crippen molar-refractivity contribution in [1.82, 2.24) is 9.97 Å². The second-order valence-corrected chi connectivity index (χ2v) is 6.51. The van der Waals surface area contributed by atoms with Gasteiger partial charge in [-0.1, -0.05) is 6.07 Å². The number of hydrogen-bond acceptors (Lipinski definition) is 5. The Balaban J connectivity index is 1.48. The fraction of sp³-hybridized carbons (Fsp3) is 0.0500. The molecule has 128 valence electrons. The largest absolute Gasteiger partial charge is 0.399 e. The van der Waals surface area contributed by atoms with Gasteiger partial charge in [-0.25, -0.2) is 4.98 Å². The van der Waals surface area contributed by atoms with Gasteiger partial charge in [0, 0.05) is 16.9 Å². The number of nitrogen functional groups attached to an aromatic ring is 2. The molecule has 6 nitrogen and oxygen atoms in total. The molecule has 0 radical (unpaired) electrons. The summed E-state index contributed by atoms with van der Waals surface area (Å²) in [5.74, 6) is 0.834. The number of nitrogens with one attached hydrogen (secondary N) is 3. The predicted molar refractivity (Wildman–Crippen MR) is 107 cm³/mol. The lowest BCUT2D eigenvalue weighted by Gasteiger charge is -2.12. The van der Waals surface area contributed by atoms with Crippen molar-refractivity contribution >= 4 is 33.8 Å². The minimum Gasteiger partial charge on any atom is -0.399 e. The maximum atomic E-state index is 5.87. The minimum absolute atomic E-state index is 0.000487. The van der Waals surface area contributed by atoms with E-state index in [1.54, 1.807) is 0 Å². The number of nitrogens with zero attached hydrogens (tertiary/aromatic N) is 1. The number of fused-ring (bicyclic) bond motifs is 2. The van der Waals surface area contributed by atoms with E-state index in [2.05, 4.69) is 32.7 Å². The normalized spacial score (nSPS) is 15.5. The van der Waals surface area contributed by atoms with Crippen molar-refractivity contribution in [2.75, 3.05) is 22.1 Å². The first kappa shape index (κ1) is 14.7. The molecule has 0 saturated heterocycles. The zero-order valence-electron chi connectivity index (χ0n) is 14.0. The van der Waals surface area contributed by atoms with Crippen LogP contribution in [0.15, 0.2) is 60.7 Å². The Bertz CT molecular complexity index is 1110. The summed E-state index contributed by atoms with van der Waals surface area (Å²) in [5, 5.41) is 6.93. The smallest absolute Gasteiger partial charge is 0.138 e. The Labute approximate surface area is 150 Å². The number of rotatable bonds is 2. The van der Waals surface area contributed by atoms with Crippen LogP contribution < -0.4 is 22.1 Å². The van der Waals surface area contributed by atoms with Gasteiger partial charge in [0.2, 0.25) is 0 Å². The molecule has 1 atom stereocenters. The third-order valence-electron chi connectivity index (χ3n) is 4.67. The molecule has 2 heterocycles. The zero-order valence-corrected chi connectivity index (χ0v) is 14.0. The summed E-state index contributed by atoms with van der Waals surface area (Å²) in [4.78, 5) is 8.08. The standard InChI is InChI=1S/C20H18N6/c21-13-4-1-11(2-5-13)19-23-15-7-3-12(9-17(15)25-19)20-24-16-8-6-14(22)10-18(16)26-20/h1-10,20,24,26H,21-22H2,(H,23,25). The Morgan fingerprint density at radius 1 is 0.769 bits per heavy atom. The lowest BCUT2D eigenvalue weighted by molar-refractivity contribution is 0.943. The number of imidazole rings is 1. The third-order valence-corrected chi connectivity index (χ3v) is 4.67. The number of benzene rings is 3. The van der Waals surface area contributed by atoms with Crippen molar-refractivity contribution in [3.8, 4) is 11.4 Å². The summed E-state index contributed by atoms with van der Waals surface area (Å²) in [6, 6.07) is 19.7. The van der Waals surface area contributed by atoms with E-state index in [-0.39, 0.29) is 6.17 Å². The van der Waals surface area contributed by atoms with Crippen LogP contribution in [0.25, 0.3) is 22.4 Å². The lowest BCUT2D eigenvalue weighted by atomic mass is 10.1. The lowest BCUT2D eigenvalue weighted by Crippen LogP contribution is -2.11. The molecular weight excluding hydrogens is 324 g/mol. The summed E-state index contributed by atoms with van der Waals surface area (Å²) in [5.41, 5.74) is 19.2. The molecule has 0 saturated carbocycles. The second kappa shape index (κ2) is 5.42. The van der Waals surface area contributed by atoms with Gasteiger partial charge in [0.25, 0.3) is 0 Å². The van der Waals surface area contributed by atoms with E-state index in [0.717, 1.165) is 50.7 Å². The molecule has 0 aliphatic carbocycles.